The zero-order valence-electron chi connectivity index (χ0n) is 11.3. The first-order valence-corrected chi connectivity index (χ1v) is 6.60. The number of nitrogens with one attached hydrogen (secondary N) is 1. The molecule has 0 aromatic heterocycles. The highest BCUT2D eigenvalue weighted by Crippen LogP contribution is 2.35. The molecule has 2 rings (SSSR count). The SMILES string of the molecule is COC(=O)C(C)C(C)N1CC2CNCC2C1C. The fourth-order valence-electron chi connectivity index (χ4n) is 3.41. The van der Waals surface area contributed by atoms with E-state index >= 15 is 0 Å². The highest BCUT2D eigenvalue weighted by Gasteiger charge is 2.44. The van der Waals surface area contributed by atoms with Crippen molar-refractivity contribution in [2.75, 3.05) is 26.7 Å². The zero-order valence-corrected chi connectivity index (χ0v) is 11.3. The minimum Gasteiger partial charge on any atom is -0.469 e. The molecule has 4 nitrogen and oxygen atoms in total. The van der Waals surface area contributed by atoms with Gasteiger partial charge in [-0.05, 0) is 38.8 Å². The van der Waals surface area contributed by atoms with Crippen molar-refractivity contribution < 1.29 is 9.53 Å². The van der Waals surface area contributed by atoms with Gasteiger partial charge >= 0.3 is 5.97 Å². The number of methoxy groups -OCH3 is 1. The topological polar surface area (TPSA) is 41.6 Å². The van der Waals surface area contributed by atoms with E-state index in [2.05, 4.69) is 24.1 Å². The molecule has 1 N–H and O–H groups in total. The van der Waals surface area contributed by atoms with E-state index in [4.69, 9.17) is 4.74 Å². The Bertz CT molecular complexity index is 295. The molecule has 4 heteroatoms. The van der Waals surface area contributed by atoms with E-state index in [9.17, 15) is 4.79 Å². The van der Waals surface area contributed by atoms with Gasteiger partial charge in [0, 0.05) is 18.6 Å². The molecule has 2 aliphatic heterocycles. The average molecular weight is 240 g/mol. The number of hydrogen-bond donors (Lipinski definition) is 1. The van der Waals surface area contributed by atoms with Crippen molar-refractivity contribution in [3.63, 3.8) is 0 Å². The molecule has 0 spiro atoms. The Morgan fingerprint density at radius 1 is 1.41 bits per heavy atom. The largest absolute Gasteiger partial charge is 0.469 e. The van der Waals surface area contributed by atoms with Crippen LogP contribution in [0.5, 0.6) is 0 Å². The Labute approximate surface area is 104 Å². The molecule has 0 aliphatic carbocycles. The maximum Gasteiger partial charge on any atom is 0.309 e. The smallest absolute Gasteiger partial charge is 0.309 e. The highest BCUT2D eigenvalue weighted by atomic mass is 16.5. The summed E-state index contributed by atoms with van der Waals surface area (Å²) >= 11 is 0. The normalized spacial score (nSPS) is 36.6. The summed E-state index contributed by atoms with van der Waals surface area (Å²) in [5.41, 5.74) is 0. The van der Waals surface area contributed by atoms with Crippen molar-refractivity contribution in [3.05, 3.63) is 0 Å². The Kier molecular flexibility index (Phi) is 3.73. The molecular weight excluding hydrogens is 216 g/mol. The number of carbonyl (C=O) groups is 1. The lowest BCUT2D eigenvalue weighted by Crippen LogP contribution is -2.45. The van der Waals surface area contributed by atoms with Gasteiger partial charge in [-0.15, -0.1) is 0 Å². The molecule has 98 valence electrons. The quantitative estimate of drug-likeness (QED) is 0.738. The molecule has 0 radical (unpaired) electrons. The molecule has 2 fully saturated rings. The van der Waals surface area contributed by atoms with Crippen LogP contribution in [0.4, 0.5) is 0 Å². The van der Waals surface area contributed by atoms with Gasteiger partial charge in [0.15, 0.2) is 0 Å². The van der Waals surface area contributed by atoms with Crippen molar-refractivity contribution in [2.24, 2.45) is 17.8 Å². The van der Waals surface area contributed by atoms with Gasteiger partial charge in [0.25, 0.3) is 0 Å². The number of hydrogen-bond acceptors (Lipinski definition) is 4. The monoisotopic (exact) mass is 240 g/mol. The summed E-state index contributed by atoms with van der Waals surface area (Å²) in [7, 11) is 1.47. The lowest BCUT2D eigenvalue weighted by Gasteiger charge is -2.33. The lowest BCUT2D eigenvalue weighted by molar-refractivity contribution is -0.147. The van der Waals surface area contributed by atoms with Crippen LogP contribution in [0.3, 0.4) is 0 Å². The number of nitrogens with zero attached hydrogens (tertiary/aromatic N) is 1. The highest BCUT2D eigenvalue weighted by molar-refractivity contribution is 5.72. The summed E-state index contributed by atoms with van der Waals surface area (Å²) in [5.74, 6) is 1.37. The van der Waals surface area contributed by atoms with Gasteiger partial charge < -0.3 is 10.1 Å². The second-order valence-electron chi connectivity index (χ2n) is 5.57. The third-order valence-electron chi connectivity index (χ3n) is 4.80. The second kappa shape index (κ2) is 4.94. The van der Waals surface area contributed by atoms with E-state index in [1.165, 1.54) is 7.11 Å². The molecule has 17 heavy (non-hydrogen) atoms. The van der Waals surface area contributed by atoms with Gasteiger partial charge in [-0.1, -0.05) is 6.92 Å². The van der Waals surface area contributed by atoms with Gasteiger partial charge in [-0.3, -0.25) is 9.69 Å². The van der Waals surface area contributed by atoms with Crippen LogP contribution in [0, 0.1) is 17.8 Å². The first-order valence-electron chi connectivity index (χ1n) is 6.60. The molecule has 2 saturated heterocycles. The van der Waals surface area contributed by atoms with E-state index in [1.807, 2.05) is 6.92 Å². The number of rotatable bonds is 3. The minimum atomic E-state index is -0.0973. The number of ether oxygens (including phenoxy) is 1. The molecule has 0 amide bonds. The van der Waals surface area contributed by atoms with E-state index in [0.717, 1.165) is 31.5 Å². The summed E-state index contributed by atoms with van der Waals surface area (Å²) in [6, 6.07) is 0.833. The first-order chi connectivity index (χ1) is 8.06. The van der Waals surface area contributed by atoms with Crippen LogP contribution < -0.4 is 5.32 Å². The van der Waals surface area contributed by atoms with Crippen LogP contribution >= 0.6 is 0 Å². The molecule has 5 unspecified atom stereocenters. The molecule has 0 aromatic carbocycles. The van der Waals surface area contributed by atoms with Crippen LogP contribution in [0.2, 0.25) is 0 Å². The Hall–Kier alpha value is -0.610. The van der Waals surface area contributed by atoms with Crippen LogP contribution in [0.25, 0.3) is 0 Å². The van der Waals surface area contributed by atoms with Gasteiger partial charge in [0.2, 0.25) is 0 Å². The second-order valence-corrected chi connectivity index (χ2v) is 5.57. The molecule has 5 atom stereocenters. The lowest BCUT2D eigenvalue weighted by atomic mass is 9.95. The van der Waals surface area contributed by atoms with Crippen molar-refractivity contribution in [3.8, 4) is 0 Å². The maximum absolute atomic E-state index is 11.6. The minimum absolute atomic E-state index is 0.0470. The zero-order chi connectivity index (χ0) is 12.6. The summed E-state index contributed by atoms with van der Waals surface area (Å²) in [6.07, 6.45) is 0. The molecule has 0 saturated carbocycles. The van der Waals surface area contributed by atoms with Crippen molar-refractivity contribution in [1.82, 2.24) is 10.2 Å². The van der Waals surface area contributed by atoms with Crippen LogP contribution in [0.1, 0.15) is 20.8 Å². The summed E-state index contributed by atoms with van der Waals surface area (Å²) in [4.78, 5) is 14.1. The van der Waals surface area contributed by atoms with Gasteiger partial charge in [0.1, 0.15) is 0 Å². The van der Waals surface area contributed by atoms with Crippen LogP contribution in [-0.4, -0.2) is 49.7 Å². The van der Waals surface area contributed by atoms with Gasteiger partial charge in [0.05, 0.1) is 13.0 Å². The number of likely N-dealkylation sites (tertiary alicyclic amines) is 1. The predicted molar refractivity (Wildman–Crippen MR) is 66.7 cm³/mol. The predicted octanol–water partition coefficient (Wildman–Crippen LogP) is 0.724. The van der Waals surface area contributed by atoms with E-state index in [-0.39, 0.29) is 17.9 Å². The molecule has 2 aliphatic rings. The fourth-order valence-corrected chi connectivity index (χ4v) is 3.41. The van der Waals surface area contributed by atoms with E-state index in [0.29, 0.717) is 6.04 Å². The number of carbonyl (C=O) groups excluding carboxylic acids is 1. The van der Waals surface area contributed by atoms with Crippen LogP contribution in [-0.2, 0) is 9.53 Å². The standard InChI is InChI=1S/C13H24N2O2/c1-8(13(16)17-4)9(2)15-7-11-5-14-6-12(11)10(15)3/h8-12,14H,5-7H2,1-4H3. The third-order valence-corrected chi connectivity index (χ3v) is 4.80. The molecule has 0 aromatic rings. The van der Waals surface area contributed by atoms with Crippen molar-refractivity contribution >= 4 is 5.97 Å². The fraction of sp³-hybridized carbons (Fsp3) is 0.923. The van der Waals surface area contributed by atoms with Gasteiger partial charge in [-0.2, -0.15) is 0 Å². The van der Waals surface area contributed by atoms with E-state index < -0.39 is 0 Å². The molecule has 0 bridgehead atoms. The van der Waals surface area contributed by atoms with Gasteiger partial charge in [-0.25, -0.2) is 0 Å². The summed E-state index contributed by atoms with van der Waals surface area (Å²) in [6.45, 7) is 9.77. The van der Waals surface area contributed by atoms with Crippen molar-refractivity contribution in [1.29, 1.82) is 0 Å². The Morgan fingerprint density at radius 3 is 2.71 bits per heavy atom. The summed E-state index contributed by atoms with van der Waals surface area (Å²) < 4.78 is 4.84. The molecular formula is C13H24N2O2. The molecule has 2 heterocycles. The number of esters is 1. The average Bonchev–Trinajstić information content (AvgIpc) is 2.90. The Morgan fingerprint density at radius 2 is 2.12 bits per heavy atom. The maximum atomic E-state index is 11.6. The summed E-state index contributed by atoms with van der Waals surface area (Å²) in [5, 5.41) is 3.46. The van der Waals surface area contributed by atoms with E-state index in [1.54, 1.807) is 0 Å². The van der Waals surface area contributed by atoms with Crippen molar-refractivity contribution in [2.45, 2.75) is 32.9 Å². The number of fused-ring (bicyclic) bond motifs is 1. The first kappa shape index (κ1) is 12.8. The third kappa shape index (κ3) is 2.20. The van der Waals surface area contributed by atoms with Crippen LogP contribution in [0.15, 0.2) is 0 Å². The Balaban J connectivity index is 2.01.